The normalized spacial score (nSPS) is 14.1. The molecule has 5 nitrogen and oxygen atoms in total. The van der Waals surface area contributed by atoms with Crippen molar-refractivity contribution in [1.82, 2.24) is 4.98 Å². The van der Waals surface area contributed by atoms with Crippen LogP contribution in [0, 0.1) is 6.92 Å². The fraction of sp³-hybridized carbons (Fsp3) is 0.125. The summed E-state index contributed by atoms with van der Waals surface area (Å²) >= 11 is 1.73. The molecule has 1 aliphatic rings. The first-order valence-corrected chi connectivity index (χ1v) is 10.6. The number of nitrogens with one attached hydrogen (secondary N) is 1. The van der Waals surface area contributed by atoms with Gasteiger partial charge in [0, 0.05) is 27.8 Å². The van der Waals surface area contributed by atoms with Crippen LogP contribution in [0.1, 0.15) is 28.5 Å². The average molecular weight is 411 g/mol. The van der Waals surface area contributed by atoms with Crippen LogP contribution in [-0.2, 0) is 6.42 Å². The average Bonchev–Trinajstić information content (AvgIpc) is 3.21. The standard InChI is InChI=1S/C24H17N3O2S/c1-12-9-15-10-18-19(29-24(28)25-18)11-17(15)22(27-26-12)23-13(2)21-16-6-4-3-5-14(16)7-8-20(21)30-23/h3-8,10-11H,9H2,1-2H3,(H,25,28). The van der Waals surface area contributed by atoms with E-state index in [0.29, 0.717) is 17.5 Å². The molecule has 0 unspecified atom stereocenters. The van der Waals surface area contributed by atoms with E-state index >= 15 is 0 Å². The molecule has 0 radical (unpaired) electrons. The van der Waals surface area contributed by atoms with Gasteiger partial charge in [0.1, 0.15) is 5.71 Å². The molecule has 0 atom stereocenters. The maximum absolute atomic E-state index is 11.7. The molecule has 0 aliphatic carbocycles. The van der Waals surface area contributed by atoms with Crippen molar-refractivity contribution in [3.63, 3.8) is 0 Å². The summed E-state index contributed by atoms with van der Waals surface area (Å²) in [5.74, 6) is -0.446. The Labute approximate surface area is 175 Å². The first-order valence-electron chi connectivity index (χ1n) is 9.77. The van der Waals surface area contributed by atoms with E-state index in [2.05, 4.69) is 58.5 Å². The van der Waals surface area contributed by atoms with Gasteiger partial charge < -0.3 is 4.42 Å². The van der Waals surface area contributed by atoms with Gasteiger partial charge in [-0.3, -0.25) is 4.98 Å². The van der Waals surface area contributed by atoms with Gasteiger partial charge in [0.15, 0.2) is 5.58 Å². The van der Waals surface area contributed by atoms with Crippen molar-refractivity contribution in [2.45, 2.75) is 20.3 Å². The van der Waals surface area contributed by atoms with Gasteiger partial charge in [-0.25, -0.2) is 4.79 Å². The first-order chi connectivity index (χ1) is 14.6. The third kappa shape index (κ3) is 2.50. The topological polar surface area (TPSA) is 70.7 Å². The van der Waals surface area contributed by atoms with Crippen LogP contribution in [-0.4, -0.2) is 16.4 Å². The van der Waals surface area contributed by atoms with Crippen molar-refractivity contribution in [3.8, 4) is 0 Å². The van der Waals surface area contributed by atoms with Crippen molar-refractivity contribution < 1.29 is 4.42 Å². The zero-order valence-corrected chi connectivity index (χ0v) is 17.3. The number of hydrogen-bond acceptors (Lipinski definition) is 5. The molecular weight excluding hydrogens is 394 g/mol. The van der Waals surface area contributed by atoms with Gasteiger partial charge in [-0.05, 0) is 53.9 Å². The van der Waals surface area contributed by atoms with Crippen LogP contribution < -0.4 is 5.76 Å². The van der Waals surface area contributed by atoms with Crippen LogP contribution in [0.25, 0.3) is 32.0 Å². The lowest BCUT2D eigenvalue weighted by Gasteiger charge is -2.09. The molecule has 1 N–H and O–H groups in total. The van der Waals surface area contributed by atoms with Gasteiger partial charge in [0.05, 0.1) is 10.4 Å². The second kappa shape index (κ2) is 6.24. The summed E-state index contributed by atoms with van der Waals surface area (Å²) in [6.07, 6.45) is 0.679. The first kappa shape index (κ1) is 17.4. The van der Waals surface area contributed by atoms with Crippen molar-refractivity contribution in [2.75, 3.05) is 0 Å². The van der Waals surface area contributed by atoms with Gasteiger partial charge in [-0.2, -0.15) is 5.10 Å². The Bertz CT molecular complexity index is 1610. The molecule has 0 bridgehead atoms. The summed E-state index contributed by atoms with van der Waals surface area (Å²) in [4.78, 5) is 15.6. The number of benzene rings is 3. The number of aryl methyl sites for hydroxylation is 1. The van der Waals surface area contributed by atoms with Crippen LogP contribution in [0.15, 0.2) is 67.9 Å². The van der Waals surface area contributed by atoms with Crippen LogP contribution in [0.3, 0.4) is 0 Å². The summed E-state index contributed by atoms with van der Waals surface area (Å²) < 4.78 is 6.56. The van der Waals surface area contributed by atoms with Crippen LogP contribution >= 0.6 is 11.3 Å². The molecule has 146 valence electrons. The minimum atomic E-state index is -0.446. The van der Waals surface area contributed by atoms with E-state index in [-0.39, 0.29) is 0 Å². The molecule has 3 aromatic carbocycles. The monoisotopic (exact) mass is 411 g/mol. The van der Waals surface area contributed by atoms with E-state index in [0.717, 1.165) is 27.4 Å². The molecule has 3 heterocycles. The number of rotatable bonds is 1. The maximum Gasteiger partial charge on any atom is 0.417 e. The Morgan fingerprint density at radius 3 is 2.83 bits per heavy atom. The molecule has 6 heteroatoms. The number of H-pyrrole nitrogens is 1. The zero-order valence-electron chi connectivity index (χ0n) is 16.4. The number of hydrogen-bond donors (Lipinski definition) is 1. The number of aromatic nitrogens is 1. The summed E-state index contributed by atoms with van der Waals surface area (Å²) in [7, 11) is 0. The Hall–Kier alpha value is -3.51. The number of nitrogens with zero attached hydrogens (tertiary/aromatic N) is 2. The number of thiophene rings is 1. The maximum atomic E-state index is 11.7. The van der Waals surface area contributed by atoms with Crippen molar-refractivity contribution in [1.29, 1.82) is 0 Å². The second-order valence-electron chi connectivity index (χ2n) is 7.70. The lowest BCUT2D eigenvalue weighted by molar-refractivity contribution is 0.555. The van der Waals surface area contributed by atoms with Gasteiger partial charge in [-0.1, -0.05) is 30.3 Å². The summed E-state index contributed by atoms with van der Waals surface area (Å²) in [6.45, 7) is 4.13. The highest BCUT2D eigenvalue weighted by atomic mass is 32.1. The SMILES string of the molecule is CC1=NN=C(c2sc3ccc4ccccc4c3c2C)c2cc3oc(=O)[nH]c3cc2C1. The van der Waals surface area contributed by atoms with Crippen LogP contribution in [0.2, 0.25) is 0 Å². The Balaban J connectivity index is 1.67. The molecule has 6 rings (SSSR count). The third-order valence-electron chi connectivity index (χ3n) is 5.70. The van der Waals surface area contributed by atoms with Gasteiger partial charge in [0.2, 0.25) is 0 Å². The number of aromatic amines is 1. The Kier molecular flexibility index (Phi) is 3.61. The second-order valence-corrected chi connectivity index (χ2v) is 8.75. The molecule has 1 aliphatic heterocycles. The van der Waals surface area contributed by atoms with Crippen molar-refractivity contribution in [3.05, 3.63) is 80.6 Å². The zero-order chi connectivity index (χ0) is 20.4. The van der Waals surface area contributed by atoms with E-state index in [4.69, 9.17) is 4.42 Å². The van der Waals surface area contributed by atoms with Gasteiger partial charge in [-0.15, -0.1) is 16.4 Å². The Morgan fingerprint density at radius 1 is 1.07 bits per heavy atom. The summed E-state index contributed by atoms with van der Waals surface area (Å²) in [6, 6.07) is 16.7. The van der Waals surface area contributed by atoms with E-state index in [9.17, 15) is 4.79 Å². The van der Waals surface area contributed by atoms with Gasteiger partial charge >= 0.3 is 5.76 Å². The van der Waals surface area contributed by atoms with Crippen LogP contribution in [0.4, 0.5) is 0 Å². The highest BCUT2D eigenvalue weighted by molar-refractivity contribution is 7.21. The van der Waals surface area contributed by atoms with E-state index in [1.54, 1.807) is 11.3 Å². The molecule has 30 heavy (non-hydrogen) atoms. The van der Waals surface area contributed by atoms with Crippen molar-refractivity contribution >= 4 is 54.7 Å². The van der Waals surface area contributed by atoms with E-state index < -0.39 is 5.76 Å². The fourth-order valence-corrected chi connectivity index (χ4v) is 5.55. The molecule has 5 aromatic rings. The third-order valence-corrected chi connectivity index (χ3v) is 6.96. The fourth-order valence-electron chi connectivity index (χ4n) is 4.33. The minimum Gasteiger partial charge on any atom is -0.408 e. The summed E-state index contributed by atoms with van der Waals surface area (Å²) in [5, 5.41) is 12.9. The van der Waals surface area contributed by atoms with Crippen LogP contribution in [0.5, 0.6) is 0 Å². The molecule has 0 spiro atoms. The van der Waals surface area contributed by atoms with E-state index in [1.807, 2.05) is 19.1 Å². The lowest BCUT2D eigenvalue weighted by atomic mass is 9.95. The smallest absolute Gasteiger partial charge is 0.408 e. The molecule has 0 amide bonds. The Morgan fingerprint density at radius 2 is 1.93 bits per heavy atom. The number of oxazole rings is 1. The summed E-state index contributed by atoms with van der Waals surface area (Å²) in [5.41, 5.74) is 6.24. The molecule has 0 saturated carbocycles. The largest absolute Gasteiger partial charge is 0.417 e. The molecular formula is C24H17N3O2S. The van der Waals surface area contributed by atoms with Gasteiger partial charge in [0.25, 0.3) is 0 Å². The molecule has 0 fully saturated rings. The quantitative estimate of drug-likeness (QED) is 0.392. The van der Waals surface area contributed by atoms with Crippen molar-refractivity contribution in [2.24, 2.45) is 10.2 Å². The lowest BCUT2D eigenvalue weighted by Crippen LogP contribution is -2.06. The molecule has 0 saturated heterocycles. The predicted octanol–water partition coefficient (Wildman–Crippen LogP) is 5.57. The highest BCUT2D eigenvalue weighted by Crippen LogP contribution is 2.38. The minimum absolute atomic E-state index is 0.446. The predicted molar refractivity (Wildman–Crippen MR) is 123 cm³/mol. The highest BCUT2D eigenvalue weighted by Gasteiger charge is 2.23. The van der Waals surface area contributed by atoms with E-state index in [1.165, 1.54) is 26.4 Å². The molecule has 2 aromatic heterocycles. The number of fused-ring (bicyclic) bond motifs is 5.